The third-order valence-corrected chi connectivity index (χ3v) is 5.25. The summed E-state index contributed by atoms with van der Waals surface area (Å²) in [5.41, 5.74) is 0.293. The number of rotatable bonds is 4. The lowest BCUT2D eigenvalue weighted by molar-refractivity contribution is -0.152. The zero-order valence-corrected chi connectivity index (χ0v) is 17.1. The summed E-state index contributed by atoms with van der Waals surface area (Å²) in [6.07, 6.45) is -4.89. The fourth-order valence-electron chi connectivity index (χ4n) is 3.30. The first-order chi connectivity index (χ1) is 14.8. The van der Waals surface area contributed by atoms with Crippen LogP contribution in [0, 0.1) is 6.92 Å². The van der Waals surface area contributed by atoms with Crippen molar-refractivity contribution in [3.8, 4) is 16.9 Å². The van der Waals surface area contributed by atoms with Gasteiger partial charge in [-0.25, -0.2) is 0 Å². The number of ether oxygens (including phenoxy) is 1. The zero-order valence-electron chi connectivity index (χ0n) is 16.3. The first-order valence-corrected chi connectivity index (χ1v) is 9.74. The summed E-state index contributed by atoms with van der Waals surface area (Å²) in [5.74, 6) is -1.10. The Morgan fingerprint density at radius 1 is 1.00 bits per heavy atom. The SMILES string of the molecule is Cc1ccccc1COc1ccc2c(=O)c(-c3ccccc3Cl)c(C(F)(F)F)oc2c1. The summed E-state index contributed by atoms with van der Waals surface area (Å²) in [6, 6.07) is 17.7. The molecule has 158 valence electrons. The molecule has 4 aromatic rings. The van der Waals surface area contributed by atoms with E-state index in [4.69, 9.17) is 20.8 Å². The molecule has 3 nitrogen and oxygen atoms in total. The molecule has 0 aliphatic carbocycles. The Kier molecular flexibility index (Phi) is 5.50. The number of benzene rings is 3. The molecule has 0 spiro atoms. The van der Waals surface area contributed by atoms with Gasteiger partial charge in [0.1, 0.15) is 17.9 Å². The van der Waals surface area contributed by atoms with E-state index in [9.17, 15) is 18.0 Å². The molecular formula is C24H16ClF3O3. The molecule has 7 heteroatoms. The third-order valence-electron chi connectivity index (χ3n) is 4.92. The Morgan fingerprint density at radius 2 is 1.71 bits per heavy atom. The average molecular weight is 445 g/mol. The van der Waals surface area contributed by atoms with E-state index >= 15 is 0 Å². The first kappa shape index (κ1) is 21.0. The minimum absolute atomic E-state index is 0.00570. The lowest BCUT2D eigenvalue weighted by Gasteiger charge is -2.14. The van der Waals surface area contributed by atoms with E-state index in [2.05, 4.69) is 0 Å². The lowest BCUT2D eigenvalue weighted by Crippen LogP contribution is -2.16. The van der Waals surface area contributed by atoms with Crippen molar-refractivity contribution in [2.45, 2.75) is 19.7 Å². The molecular weight excluding hydrogens is 429 g/mol. The second-order valence-corrected chi connectivity index (χ2v) is 7.39. The summed E-state index contributed by atoms with van der Waals surface area (Å²) < 4.78 is 52.3. The molecule has 0 saturated carbocycles. The van der Waals surface area contributed by atoms with Gasteiger partial charge in [0.25, 0.3) is 0 Å². The molecule has 1 aromatic heterocycles. The van der Waals surface area contributed by atoms with Crippen molar-refractivity contribution < 1.29 is 22.3 Å². The largest absolute Gasteiger partial charge is 0.489 e. The van der Waals surface area contributed by atoms with Gasteiger partial charge in [-0.05, 0) is 36.2 Å². The number of fused-ring (bicyclic) bond motifs is 1. The second-order valence-electron chi connectivity index (χ2n) is 6.99. The lowest BCUT2D eigenvalue weighted by atomic mass is 10.0. The summed E-state index contributed by atoms with van der Waals surface area (Å²) >= 11 is 6.07. The molecule has 0 atom stereocenters. The zero-order chi connectivity index (χ0) is 22.2. The number of alkyl halides is 3. The Hall–Kier alpha value is -3.25. The van der Waals surface area contributed by atoms with Crippen LogP contribution in [0.2, 0.25) is 5.02 Å². The number of hydrogen-bond acceptors (Lipinski definition) is 3. The van der Waals surface area contributed by atoms with E-state index < -0.39 is 22.9 Å². The minimum atomic E-state index is -4.89. The van der Waals surface area contributed by atoms with Gasteiger partial charge >= 0.3 is 6.18 Å². The number of aryl methyl sites for hydroxylation is 1. The minimum Gasteiger partial charge on any atom is -0.489 e. The Bertz CT molecular complexity index is 1330. The van der Waals surface area contributed by atoms with Gasteiger partial charge in [0.05, 0.1) is 10.9 Å². The van der Waals surface area contributed by atoms with Crippen molar-refractivity contribution in [3.63, 3.8) is 0 Å². The van der Waals surface area contributed by atoms with E-state index in [1.54, 1.807) is 6.07 Å². The van der Waals surface area contributed by atoms with E-state index in [0.717, 1.165) is 11.1 Å². The first-order valence-electron chi connectivity index (χ1n) is 9.36. The maximum absolute atomic E-state index is 13.8. The van der Waals surface area contributed by atoms with Crippen molar-refractivity contribution >= 4 is 22.6 Å². The molecule has 0 aliphatic heterocycles. The molecule has 1 heterocycles. The van der Waals surface area contributed by atoms with Gasteiger partial charge in [-0.2, -0.15) is 13.2 Å². The highest BCUT2D eigenvalue weighted by Gasteiger charge is 2.39. The summed E-state index contributed by atoms with van der Waals surface area (Å²) in [5, 5.41) is 0.0315. The van der Waals surface area contributed by atoms with Gasteiger partial charge in [-0.1, -0.05) is 54.1 Å². The van der Waals surface area contributed by atoms with Crippen LogP contribution in [0.25, 0.3) is 22.1 Å². The van der Waals surface area contributed by atoms with E-state index in [0.29, 0.717) is 0 Å². The van der Waals surface area contributed by atoms with E-state index in [1.807, 2.05) is 31.2 Å². The van der Waals surface area contributed by atoms with Crippen molar-refractivity contribution in [2.75, 3.05) is 0 Å². The van der Waals surface area contributed by atoms with Crippen LogP contribution in [0.15, 0.2) is 75.9 Å². The van der Waals surface area contributed by atoms with Gasteiger partial charge in [-0.15, -0.1) is 0 Å². The Balaban J connectivity index is 1.82. The van der Waals surface area contributed by atoms with Crippen molar-refractivity contribution in [1.29, 1.82) is 0 Å². The van der Waals surface area contributed by atoms with Crippen LogP contribution in [0.3, 0.4) is 0 Å². The molecule has 31 heavy (non-hydrogen) atoms. The normalized spacial score (nSPS) is 11.6. The highest BCUT2D eigenvalue weighted by Crippen LogP contribution is 2.39. The predicted octanol–water partition coefficient (Wildman–Crippen LogP) is 7.02. The van der Waals surface area contributed by atoms with Crippen LogP contribution in [0.1, 0.15) is 16.9 Å². The van der Waals surface area contributed by atoms with Gasteiger partial charge in [0.15, 0.2) is 0 Å². The standard InChI is InChI=1S/C24H16ClF3O3/c1-14-6-2-3-7-15(14)13-30-16-10-11-18-20(12-16)31-23(24(26,27)28)21(22(18)29)17-8-4-5-9-19(17)25/h2-12H,13H2,1H3. The van der Waals surface area contributed by atoms with E-state index in [-0.39, 0.29) is 33.9 Å². The molecule has 3 aromatic carbocycles. The van der Waals surface area contributed by atoms with Crippen LogP contribution < -0.4 is 10.2 Å². The molecule has 0 bridgehead atoms. The molecule has 0 aliphatic rings. The second kappa shape index (κ2) is 8.12. The summed E-state index contributed by atoms with van der Waals surface area (Å²) in [6.45, 7) is 2.16. The van der Waals surface area contributed by atoms with Gasteiger partial charge in [-0.3, -0.25) is 4.79 Å². The van der Waals surface area contributed by atoms with Crippen molar-refractivity contribution in [1.82, 2.24) is 0 Å². The number of hydrogen-bond donors (Lipinski definition) is 0. The number of halogens is 4. The maximum Gasteiger partial charge on any atom is 0.450 e. The summed E-state index contributed by atoms with van der Waals surface area (Å²) in [7, 11) is 0. The fourth-order valence-corrected chi connectivity index (χ4v) is 3.53. The highest BCUT2D eigenvalue weighted by atomic mass is 35.5. The van der Waals surface area contributed by atoms with Gasteiger partial charge in [0.2, 0.25) is 11.2 Å². The Morgan fingerprint density at radius 3 is 2.42 bits per heavy atom. The molecule has 0 radical (unpaired) electrons. The molecule has 0 fully saturated rings. The van der Waals surface area contributed by atoms with Gasteiger partial charge in [0, 0.05) is 16.7 Å². The van der Waals surface area contributed by atoms with Crippen LogP contribution in [-0.4, -0.2) is 0 Å². The maximum atomic E-state index is 13.8. The molecule has 4 rings (SSSR count). The molecule has 0 N–H and O–H groups in total. The van der Waals surface area contributed by atoms with Crippen LogP contribution in [0.4, 0.5) is 13.2 Å². The monoisotopic (exact) mass is 444 g/mol. The van der Waals surface area contributed by atoms with Crippen LogP contribution in [0.5, 0.6) is 5.75 Å². The quantitative estimate of drug-likeness (QED) is 0.339. The topological polar surface area (TPSA) is 39.4 Å². The van der Waals surface area contributed by atoms with Crippen LogP contribution in [-0.2, 0) is 12.8 Å². The van der Waals surface area contributed by atoms with E-state index in [1.165, 1.54) is 36.4 Å². The molecule has 0 unspecified atom stereocenters. The molecule has 0 amide bonds. The smallest absolute Gasteiger partial charge is 0.450 e. The van der Waals surface area contributed by atoms with Crippen molar-refractivity contribution in [3.05, 3.63) is 98.9 Å². The fraction of sp³-hybridized carbons (Fsp3) is 0.125. The average Bonchev–Trinajstić information content (AvgIpc) is 2.73. The summed E-state index contributed by atoms with van der Waals surface area (Å²) in [4.78, 5) is 13.0. The van der Waals surface area contributed by atoms with Gasteiger partial charge < -0.3 is 9.15 Å². The predicted molar refractivity (Wildman–Crippen MR) is 113 cm³/mol. The van der Waals surface area contributed by atoms with Crippen LogP contribution >= 0.6 is 11.6 Å². The molecule has 0 saturated heterocycles. The van der Waals surface area contributed by atoms with Crippen molar-refractivity contribution in [2.24, 2.45) is 0 Å². The third kappa shape index (κ3) is 4.16. The highest BCUT2D eigenvalue weighted by molar-refractivity contribution is 6.33. The Labute approximate surface area is 180 Å².